The topological polar surface area (TPSA) is 87.8 Å². The van der Waals surface area contributed by atoms with Crippen LogP contribution in [-0.4, -0.2) is 29.5 Å². The Bertz CT molecular complexity index is 2380. The molecule has 0 atom stereocenters. The van der Waals surface area contributed by atoms with Crippen molar-refractivity contribution in [3.63, 3.8) is 0 Å². The van der Waals surface area contributed by atoms with Crippen LogP contribution in [0.3, 0.4) is 0 Å². The van der Waals surface area contributed by atoms with Crippen molar-refractivity contribution in [1.29, 1.82) is 0 Å². The normalized spacial score (nSPS) is 10.8. The third-order valence-corrected chi connectivity index (χ3v) is 7.32. The molecule has 0 aliphatic heterocycles. The summed E-state index contributed by atoms with van der Waals surface area (Å²) in [7, 11) is 0. The van der Waals surface area contributed by atoms with Crippen LogP contribution in [0.5, 0.6) is 23.0 Å². The van der Waals surface area contributed by atoms with Crippen LogP contribution in [-0.2, 0) is 40.8 Å². The maximum Gasteiger partial charge on any atom is 2.00 e. The predicted molar refractivity (Wildman–Crippen MR) is 169 cm³/mol. The minimum atomic E-state index is -0.827. The van der Waals surface area contributed by atoms with Crippen LogP contribution in [0.4, 0.5) is 17.6 Å². The molecule has 4 aromatic heterocycles. The standard InChI is InChI=1S/C37H16F4N6O2.2Pd/c38-23-13-31(40)35(43-17-23)21-3-1-5-25(11-21)48-27-7-9-29-30-10-8-28(16-34(30)47(33(29)15-27)37-45-19-42-20-46-37)49-26-6-2-4-22(12-26)36-32(41)14-24(39)18-44-36;;/h1-10,13-14,17-20H;;/q-4;2*+2. The molecule has 0 N–H and O–H groups in total. The molecule has 8 nitrogen and oxygen atoms in total. The SMILES string of the molecule is Fc1cnc(-c2[c-]c(Oc3[c-]c4c(cc3)c3ccc(Oc5[c-]c(-c6ncc(F)cc6F)ccc5)[c-]c3n4-c3ncncn3)ccc2)c(F)c1.[Pd+2].[Pd+2]. The van der Waals surface area contributed by atoms with Crippen molar-refractivity contribution in [2.45, 2.75) is 0 Å². The summed E-state index contributed by atoms with van der Waals surface area (Å²) < 4.78 is 69.5. The summed E-state index contributed by atoms with van der Waals surface area (Å²) in [6, 6.07) is 30.8. The Morgan fingerprint density at radius 3 is 1.43 bits per heavy atom. The third-order valence-electron chi connectivity index (χ3n) is 7.32. The van der Waals surface area contributed by atoms with Gasteiger partial charge in [0.1, 0.15) is 35.9 Å². The molecule has 0 spiro atoms. The van der Waals surface area contributed by atoms with Crippen LogP contribution in [0.25, 0.3) is 50.3 Å². The number of benzene rings is 4. The number of ether oxygens (including phenoxy) is 2. The first-order chi connectivity index (χ1) is 23.9. The minimum absolute atomic E-state index is 0. The zero-order chi connectivity index (χ0) is 33.5. The largest absolute Gasteiger partial charge is 2.00 e. The van der Waals surface area contributed by atoms with Gasteiger partial charge in [-0.15, -0.1) is 71.8 Å². The number of rotatable bonds is 7. The molecule has 4 heterocycles. The van der Waals surface area contributed by atoms with Gasteiger partial charge in [-0.2, -0.15) is 22.9 Å². The summed E-state index contributed by atoms with van der Waals surface area (Å²) in [4.78, 5) is 20.3. The fourth-order valence-electron chi connectivity index (χ4n) is 5.25. The molecule has 0 unspecified atom stereocenters. The number of aromatic nitrogens is 6. The van der Waals surface area contributed by atoms with Crippen LogP contribution >= 0.6 is 0 Å². The van der Waals surface area contributed by atoms with Crippen molar-refractivity contribution >= 4 is 21.8 Å². The van der Waals surface area contributed by atoms with Gasteiger partial charge < -0.3 is 14.0 Å². The fraction of sp³-hybridized carbons (Fsp3) is 0. The molecule has 14 heteroatoms. The zero-order valence-electron chi connectivity index (χ0n) is 25.4. The first kappa shape index (κ1) is 35.5. The molecule has 0 bridgehead atoms. The number of pyridine rings is 2. The minimum Gasteiger partial charge on any atom is -0.503 e. The van der Waals surface area contributed by atoms with Gasteiger partial charge in [-0.1, -0.05) is 23.2 Å². The van der Waals surface area contributed by atoms with E-state index in [0.29, 0.717) is 22.5 Å². The van der Waals surface area contributed by atoms with E-state index in [2.05, 4.69) is 49.2 Å². The summed E-state index contributed by atoms with van der Waals surface area (Å²) >= 11 is 0. The van der Waals surface area contributed by atoms with Crippen LogP contribution in [0.2, 0.25) is 0 Å². The monoisotopic (exact) mass is 864 g/mol. The molecule has 0 aliphatic rings. The third kappa shape index (κ3) is 7.14. The molecule has 0 radical (unpaired) electrons. The maximum absolute atomic E-state index is 14.4. The van der Waals surface area contributed by atoms with E-state index in [1.54, 1.807) is 53.1 Å². The Kier molecular flexibility index (Phi) is 10.3. The van der Waals surface area contributed by atoms with Crippen molar-refractivity contribution in [2.75, 3.05) is 0 Å². The zero-order valence-corrected chi connectivity index (χ0v) is 28.5. The molecular formula is C37H16F4N6O2Pd2. The van der Waals surface area contributed by atoms with Gasteiger partial charge >= 0.3 is 40.8 Å². The molecule has 0 saturated heterocycles. The van der Waals surface area contributed by atoms with Crippen molar-refractivity contribution in [1.82, 2.24) is 29.5 Å². The molecular weight excluding hydrogens is 849 g/mol. The molecule has 0 amide bonds. The van der Waals surface area contributed by atoms with Gasteiger partial charge in [-0.05, 0) is 0 Å². The maximum atomic E-state index is 14.4. The molecule has 0 fully saturated rings. The summed E-state index contributed by atoms with van der Waals surface area (Å²) in [5, 5.41) is 1.54. The molecule has 0 aliphatic carbocycles. The van der Waals surface area contributed by atoms with E-state index < -0.39 is 23.3 Å². The first-order valence-electron chi connectivity index (χ1n) is 14.5. The van der Waals surface area contributed by atoms with Crippen LogP contribution < -0.4 is 9.47 Å². The van der Waals surface area contributed by atoms with Gasteiger partial charge in [-0.25, -0.2) is 32.5 Å². The Hall–Kier alpha value is -5.37. The molecule has 51 heavy (non-hydrogen) atoms. The number of hydrogen-bond donors (Lipinski definition) is 0. The molecule has 0 saturated carbocycles. The summed E-state index contributed by atoms with van der Waals surface area (Å²) in [6.07, 6.45) is 4.56. The van der Waals surface area contributed by atoms with E-state index in [9.17, 15) is 17.6 Å². The Morgan fingerprint density at radius 1 is 0.529 bits per heavy atom. The Labute approximate surface area is 314 Å². The second-order valence-corrected chi connectivity index (χ2v) is 10.5. The average molecular weight is 865 g/mol. The van der Waals surface area contributed by atoms with Crippen molar-refractivity contribution < 1.29 is 67.9 Å². The number of fused-ring (bicyclic) bond motifs is 3. The molecule has 4 aromatic carbocycles. The quantitative estimate of drug-likeness (QED) is 0.0904. The van der Waals surface area contributed by atoms with E-state index in [-0.39, 0.29) is 80.8 Å². The van der Waals surface area contributed by atoms with E-state index in [1.165, 1.54) is 12.7 Å². The van der Waals surface area contributed by atoms with Gasteiger partial charge in [0.25, 0.3) is 0 Å². The van der Waals surface area contributed by atoms with Gasteiger partial charge in [0.05, 0.1) is 12.4 Å². The van der Waals surface area contributed by atoms with Gasteiger partial charge in [0.2, 0.25) is 5.95 Å². The van der Waals surface area contributed by atoms with E-state index in [4.69, 9.17) is 9.47 Å². The van der Waals surface area contributed by atoms with Crippen molar-refractivity contribution in [3.8, 4) is 51.5 Å². The smallest absolute Gasteiger partial charge is 0.503 e. The van der Waals surface area contributed by atoms with E-state index >= 15 is 0 Å². The van der Waals surface area contributed by atoms with Crippen molar-refractivity contribution in [3.05, 3.63) is 145 Å². The van der Waals surface area contributed by atoms with Crippen LogP contribution in [0.1, 0.15) is 0 Å². The summed E-state index contributed by atoms with van der Waals surface area (Å²) in [5.41, 5.74) is 1.50. The molecule has 8 aromatic rings. The Morgan fingerprint density at radius 2 is 0.980 bits per heavy atom. The Balaban J connectivity index is 0.00000224. The second-order valence-electron chi connectivity index (χ2n) is 10.5. The number of nitrogens with zero attached hydrogens (tertiary/aromatic N) is 6. The van der Waals surface area contributed by atoms with Crippen LogP contribution in [0.15, 0.2) is 97.8 Å². The average Bonchev–Trinajstić information content (AvgIpc) is 3.41. The molecule has 8 rings (SSSR count). The first-order valence-corrected chi connectivity index (χ1v) is 14.5. The summed E-state index contributed by atoms with van der Waals surface area (Å²) in [6.45, 7) is 0. The van der Waals surface area contributed by atoms with Crippen LogP contribution in [0, 0.1) is 47.5 Å². The van der Waals surface area contributed by atoms with Gasteiger partial charge in [0, 0.05) is 46.5 Å². The fourth-order valence-corrected chi connectivity index (χ4v) is 5.25. The van der Waals surface area contributed by atoms with Gasteiger partial charge in [0.15, 0.2) is 0 Å². The number of halogens is 4. The van der Waals surface area contributed by atoms with Gasteiger partial charge in [-0.3, -0.25) is 9.97 Å². The van der Waals surface area contributed by atoms with Crippen molar-refractivity contribution in [2.24, 2.45) is 0 Å². The number of hydrogen-bond acceptors (Lipinski definition) is 7. The van der Waals surface area contributed by atoms with E-state index in [0.717, 1.165) is 35.3 Å². The van der Waals surface area contributed by atoms with E-state index in [1.807, 2.05) is 12.1 Å². The second kappa shape index (κ2) is 14.9. The predicted octanol–water partition coefficient (Wildman–Crippen LogP) is 8.43. The summed E-state index contributed by atoms with van der Waals surface area (Å²) in [5.74, 6) is -1.86. The molecule has 254 valence electrons.